The fourth-order valence-corrected chi connectivity index (χ4v) is 4.71. The topological polar surface area (TPSA) is 67.8 Å². The summed E-state index contributed by atoms with van der Waals surface area (Å²) in [6, 6.07) is 16.8. The number of hydrogen-bond donors (Lipinski definition) is 1. The van der Waals surface area contributed by atoms with Gasteiger partial charge in [-0.05, 0) is 31.0 Å². The normalized spacial score (nSPS) is 22.6. The number of piperazine rings is 1. The lowest BCUT2D eigenvalue weighted by atomic mass is 9.91. The lowest BCUT2D eigenvalue weighted by molar-refractivity contribution is 0.0725. The average Bonchev–Trinajstić information content (AvgIpc) is 3.21. The number of rotatable bonds is 5. The van der Waals surface area contributed by atoms with Crippen LogP contribution in [0.15, 0.2) is 53.1 Å². The quantitative estimate of drug-likeness (QED) is 0.719. The zero-order valence-corrected chi connectivity index (χ0v) is 16.7. The number of nitrogens with zero attached hydrogens (tertiary/aromatic N) is 3. The van der Waals surface area contributed by atoms with Crippen LogP contribution in [0.4, 0.5) is 5.82 Å². The van der Waals surface area contributed by atoms with Crippen LogP contribution in [0, 0.1) is 5.92 Å². The van der Waals surface area contributed by atoms with Crippen molar-refractivity contribution in [1.29, 1.82) is 0 Å². The number of fused-ring (bicyclic) bond motifs is 2. The van der Waals surface area contributed by atoms with E-state index in [9.17, 15) is 0 Å². The van der Waals surface area contributed by atoms with Crippen LogP contribution in [-0.4, -0.2) is 48.9 Å². The van der Waals surface area contributed by atoms with Gasteiger partial charge in [0.1, 0.15) is 5.75 Å². The van der Waals surface area contributed by atoms with Gasteiger partial charge in [0.25, 0.3) is 0 Å². The second-order valence-corrected chi connectivity index (χ2v) is 8.16. The molecule has 6 nitrogen and oxygen atoms in total. The summed E-state index contributed by atoms with van der Waals surface area (Å²) in [6.07, 6.45) is 2.39. The molecule has 0 radical (unpaired) electrons. The molecule has 0 amide bonds. The Balaban J connectivity index is 1.19. The fraction of sp³-hybridized carbons (Fsp3) is 0.435. The Labute approximate surface area is 171 Å². The second-order valence-electron chi connectivity index (χ2n) is 8.16. The summed E-state index contributed by atoms with van der Waals surface area (Å²) in [5.74, 6) is 2.49. The Morgan fingerprint density at radius 1 is 1.03 bits per heavy atom. The van der Waals surface area contributed by atoms with E-state index in [1.165, 1.54) is 12.8 Å². The summed E-state index contributed by atoms with van der Waals surface area (Å²) in [7, 11) is 0. The van der Waals surface area contributed by atoms with Crippen LogP contribution in [0.2, 0.25) is 0 Å². The highest BCUT2D eigenvalue weighted by Gasteiger charge is 2.34. The highest BCUT2D eigenvalue weighted by atomic mass is 16.5. The smallest absolute Gasteiger partial charge is 0.180 e. The van der Waals surface area contributed by atoms with Crippen LogP contribution in [-0.2, 0) is 6.54 Å². The van der Waals surface area contributed by atoms with Gasteiger partial charge in [0.05, 0.1) is 12.0 Å². The monoisotopic (exact) mass is 392 g/mol. The predicted octanol–water partition coefficient (Wildman–Crippen LogP) is 3.27. The zero-order valence-electron chi connectivity index (χ0n) is 16.7. The molecule has 5 rings (SSSR count). The Morgan fingerprint density at radius 2 is 1.90 bits per heavy atom. The van der Waals surface area contributed by atoms with E-state index in [4.69, 9.17) is 15.0 Å². The van der Waals surface area contributed by atoms with Crippen molar-refractivity contribution in [1.82, 2.24) is 10.1 Å². The lowest BCUT2D eigenvalue weighted by Crippen LogP contribution is -2.57. The van der Waals surface area contributed by atoms with Crippen molar-refractivity contribution >= 4 is 16.8 Å². The summed E-state index contributed by atoms with van der Waals surface area (Å²) in [5.41, 5.74) is 7.77. The minimum absolute atomic E-state index is 0.515. The van der Waals surface area contributed by atoms with Crippen LogP contribution < -0.4 is 15.4 Å². The standard InChI is InChI=1S/C23H28N4O2/c24-13-18-5-1-3-7-21(18)28-16-17-9-10-19-15-27(12-11-26(19)14-17)23-20-6-2-4-8-22(20)29-25-23/h1-8,17,19H,9-16,24H2. The third-order valence-corrected chi connectivity index (χ3v) is 6.33. The summed E-state index contributed by atoms with van der Waals surface area (Å²) >= 11 is 0. The van der Waals surface area contributed by atoms with Gasteiger partial charge in [0, 0.05) is 50.2 Å². The molecule has 0 spiro atoms. The first-order valence-corrected chi connectivity index (χ1v) is 10.6. The molecule has 2 aliphatic heterocycles. The molecule has 2 N–H and O–H groups in total. The highest BCUT2D eigenvalue weighted by molar-refractivity contribution is 5.88. The molecule has 3 aromatic rings. The van der Waals surface area contributed by atoms with Crippen molar-refractivity contribution in [2.45, 2.75) is 25.4 Å². The van der Waals surface area contributed by atoms with E-state index in [0.717, 1.165) is 60.9 Å². The minimum atomic E-state index is 0.515. The molecule has 0 saturated carbocycles. The van der Waals surface area contributed by atoms with Crippen molar-refractivity contribution in [2.24, 2.45) is 11.7 Å². The summed E-state index contributed by atoms with van der Waals surface area (Å²) in [5, 5.41) is 5.47. The Bertz CT molecular complexity index is 972. The lowest BCUT2D eigenvalue weighted by Gasteiger charge is -2.46. The maximum atomic E-state index is 6.14. The predicted molar refractivity (Wildman–Crippen MR) is 114 cm³/mol. The van der Waals surface area contributed by atoms with E-state index in [0.29, 0.717) is 18.5 Å². The zero-order chi connectivity index (χ0) is 19.6. The molecular formula is C23H28N4O2. The molecular weight excluding hydrogens is 364 g/mol. The van der Waals surface area contributed by atoms with E-state index in [1.54, 1.807) is 0 Å². The number of para-hydroxylation sites is 2. The van der Waals surface area contributed by atoms with Crippen molar-refractivity contribution < 1.29 is 9.26 Å². The number of anilines is 1. The molecule has 2 saturated heterocycles. The van der Waals surface area contributed by atoms with E-state index in [-0.39, 0.29) is 0 Å². The molecule has 1 aromatic heterocycles. The highest BCUT2D eigenvalue weighted by Crippen LogP contribution is 2.31. The molecule has 152 valence electrons. The fourth-order valence-electron chi connectivity index (χ4n) is 4.71. The number of ether oxygens (including phenoxy) is 1. The van der Waals surface area contributed by atoms with Gasteiger partial charge >= 0.3 is 0 Å². The summed E-state index contributed by atoms with van der Waals surface area (Å²) in [6.45, 7) is 5.43. The molecule has 0 bridgehead atoms. The maximum Gasteiger partial charge on any atom is 0.180 e. The molecule has 2 atom stereocenters. The summed E-state index contributed by atoms with van der Waals surface area (Å²) in [4.78, 5) is 5.02. The minimum Gasteiger partial charge on any atom is -0.493 e. The number of hydrogen-bond acceptors (Lipinski definition) is 6. The van der Waals surface area contributed by atoms with E-state index in [1.807, 2.05) is 42.5 Å². The van der Waals surface area contributed by atoms with Crippen LogP contribution in [0.1, 0.15) is 18.4 Å². The van der Waals surface area contributed by atoms with Crippen LogP contribution in [0.25, 0.3) is 11.0 Å². The van der Waals surface area contributed by atoms with Crippen molar-refractivity contribution in [3.8, 4) is 5.75 Å². The first kappa shape index (κ1) is 18.5. The van der Waals surface area contributed by atoms with Gasteiger partial charge in [-0.15, -0.1) is 0 Å². The van der Waals surface area contributed by atoms with E-state index >= 15 is 0 Å². The molecule has 2 aliphatic rings. The molecule has 0 aliphatic carbocycles. The third kappa shape index (κ3) is 3.70. The van der Waals surface area contributed by atoms with Gasteiger partial charge in [-0.1, -0.05) is 35.5 Å². The number of piperidine rings is 1. The third-order valence-electron chi connectivity index (χ3n) is 6.33. The Morgan fingerprint density at radius 3 is 2.83 bits per heavy atom. The second kappa shape index (κ2) is 8.05. The SMILES string of the molecule is NCc1ccccc1OCC1CCC2CN(c3noc4ccccc34)CCN2C1. The van der Waals surface area contributed by atoms with Gasteiger partial charge in [0.2, 0.25) is 0 Å². The largest absolute Gasteiger partial charge is 0.493 e. The molecule has 2 fully saturated rings. The van der Waals surface area contributed by atoms with Crippen LogP contribution in [0.3, 0.4) is 0 Å². The first-order valence-electron chi connectivity index (χ1n) is 10.6. The van der Waals surface area contributed by atoms with Crippen LogP contribution in [0.5, 0.6) is 5.75 Å². The van der Waals surface area contributed by atoms with Gasteiger partial charge in [-0.25, -0.2) is 0 Å². The molecule has 29 heavy (non-hydrogen) atoms. The summed E-state index contributed by atoms with van der Waals surface area (Å²) < 4.78 is 11.7. The van der Waals surface area contributed by atoms with E-state index < -0.39 is 0 Å². The molecule has 3 heterocycles. The number of benzene rings is 2. The van der Waals surface area contributed by atoms with Gasteiger partial charge in [0.15, 0.2) is 11.4 Å². The van der Waals surface area contributed by atoms with Crippen molar-refractivity contribution in [3.63, 3.8) is 0 Å². The number of nitrogens with two attached hydrogens (primary N) is 1. The maximum absolute atomic E-state index is 6.14. The Hall–Kier alpha value is -2.57. The number of aromatic nitrogens is 1. The average molecular weight is 393 g/mol. The first-order chi connectivity index (χ1) is 14.3. The molecule has 2 unspecified atom stereocenters. The van der Waals surface area contributed by atoms with Crippen molar-refractivity contribution in [3.05, 3.63) is 54.1 Å². The van der Waals surface area contributed by atoms with Gasteiger partial charge in [-0.2, -0.15) is 0 Å². The van der Waals surface area contributed by atoms with Crippen LogP contribution >= 0.6 is 0 Å². The van der Waals surface area contributed by atoms with Crippen molar-refractivity contribution in [2.75, 3.05) is 37.7 Å². The van der Waals surface area contributed by atoms with Gasteiger partial charge in [-0.3, -0.25) is 4.90 Å². The molecule has 2 aromatic carbocycles. The van der Waals surface area contributed by atoms with E-state index in [2.05, 4.69) is 21.0 Å². The van der Waals surface area contributed by atoms with Gasteiger partial charge < -0.3 is 19.9 Å². The Kier molecular flexibility index (Phi) is 5.12. The molecule has 6 heteroatoms.